The van der Waals surface area contributed by atoms with Crippen LogP contribution in [0.2, 0.25) is 0 Å². The zero-order valence-electron chi connectivity index (χ0n) is 10.1. The van der Waals surface area contributed by atoms with Crippen LogP contribution in [0.15, 0.2) is 6.33 Å². The summed E-state index contributed by atoms with van der Waals surface area (Å²) in [5, 5.41) is 17.7. The van der Waals surface area contributed by atoms with Gasteiger partial charge in [0.1, 0.15) is 18.7 Å². The Morgan fingerprint density at radius 1 is 1.56 bits per heavy atom. The van der Waals surface area contributed by atoms with E-state index >= 15 is 0 Å². The minimum absolute atomic E-state index is 0.0293. The van der Waals surface area contributed by atoms with E-state index in [1.54, 1.807) is 0 Å². The molecule has 1 heterocycles. The molecule has 1 fully saturated rings. The Morgan fingerprint density at radius 3 is 2.78 bits per heavy atom. The maximum absolute atomic E-state index is 12.1. The lowest BCUT2D eigenvalue weighted by molar-refractivity contribution is -0.132. The Bertz CT molecular complexity index is 544. The van der Waals surface area contributed by atoms with Crippen molar-refractivity contribution in [2.24, 2.45) is 0 Å². The molecular weight excluding hydrogens is 230 g/mol. The first-order valence-corrected chi connectivity index (χ1v) is 5.86. The van der Waals surface area contributed by atoms with Crippen molar-refractivity contribution in [3.63, 3.8) is 0 Å². The fourth-order valence-corrected chi connectivity index (χ4v) is 1.96. The topological polar surface area (TPSA) is 85.7 Å². The van der Waals surface area contributed by atoms with E-state index in [2.05, 4.69) is 4.98 Å². The number of hydrogen-bond acceptors (Lipinski definition) is 4. The lowest BCUT2D eigenvalue weighted by atomic mass is 10.3. The minimum atomic E-state index is -0.0293. The van der Waals surface area contributed by atoms with Crippen LogP contribution in [0, 0.1) is 22.7 Å². The molecule has 0 unspecified atom stereocenters. The summed E-state index contributed by atoms with van der Waals surface area (Å²) in [6.07, 6.45) is 3.48. The van der Waals surface area contributed by atoms with E-state index in [1.807, 2.05) is 24.0 Å². The molecule has 0 bridgehead atoms. The highest BCUT2D eigenvalue weighted by Crippen LogP contribution is 2.26. The summed E-state index contributed by atoms with van der Waals surface area (Å²) in [6, 6.07) is 4.10. The standard InChI is InChI=1S/C12H13N5O/c1-2-17(9-3-4-9)12(18)7-16-8-15-10(5-13)11(16)6-14/h8-9H,2-4,7H2,1H3. The van der Waals surface area contributed by atoms with Crippen molar-refractivity contribution in [1.82, 2.24) is 14.5 Å². The second-order valence-corrected chi connectivity index (χ2v) is 4.20. The number of imidazole rings is 1. The van der Waals surface area contributed by atoms with Gasteiger partial charge in [-0.25, -0.2) is 4.98 Å². The number of likely N-dealkylation sites (N-methyl/N-ethyl adjacent to an activating group) is 1. The number of aromatic nitrogens is 2. The van der Waals surface area contributed by atoms with Crippen LogP contribution in [0.4, 0.5) is 0 Å². The Labute approximate surface area is 105 Å². The number of carbonyl (C=O) groups excluding carboxylic acids is 1. The predicted molar refractivity (Wildman–Crippen MR) is 62.1 cm³/mol. The quantitative estimate of drug-likeness (QED) is 0.776. The number of nitriles is 2. The summed E-state index contributed by atoms with van der Waals surface area (Å²) in [5.41, 5.74) is 0.220. The molecule has 0 spiro atoms. The van der Waals surface area contributed by atoms with Gasteiger partial charge in [0.05, 0.1) is 6.33 Å². The normalized spacial score (nSPS) is 13.7. The molecule has 0 radical (unpaired) electrons. The molecule has 0 saturated heterocycles. The van der Waals surface area contributed by atoms with Crippen LogP contribution in [0.1, 0.15) is 31.2 Å². The molecule has 0 N–H and O–H groups in total. The summed E-state index contributed by atoms with van der Waals surface area (Å²) in [7, 11) is 0. The summed E-state index contributed by atoms with van der Waals surface area (Å²) in [6.45, 7) is 2.68. The highest BCUT2D eigenvalue weighted by atomic mass is 16.2. The minimum Gasteiger partial charge on any atom is -0.338 e. The van der Waals surface area contributed by atoms with Crippen molar-refractivity contribution >= 4 is 5.91 Å². The van der Waals surface area contributed by atoms with Crippen LogP contribution in [-0.2, 0) is 11.3 Å². The lowest BCUT2D eigenvalue weighted by Gasteiger charge is -2.20. The number of hydrogen-bond donors (Lipinski definition) is 0. The largest absolute Gasteiger partial charge is 0.338 e. The summed E-state index contributed by atoms with van der Waals surface area (Å²) in [5.74, 6) is -0.0293. The average Bonchev–Trinajstić information content (AvgIpc) is 3.11. The van der Waals surface area contributed by atoms with E-state index in [0.717, 1.165) is 12.8 Å². The molecule has 0 aliphatic heterocycles. The Hall–Kier alpha value is -2.34. The van der Waals surface area contributed by atoms with Gasteiger partial charge in [-0.1, -0.05) is 0 Å². The molecule has 6 heteroatoms. The Balaban J connectivity index is 2.14. The first-order chi connectivity index (χ1) is 8.71. The van der Waals surface area contributed by atoms with Crippen LogP contribution in [-0.4, -0.2) is 32.9 Å². The molecule has 1 aromatic rings. The van der Waals surface area contributed by atoms with Crippen LogP contribution < -0.4 is 0 Å². The molecule has 18 heavy (non-hydrogen) atoms. The maximum Gasteiger partial charge on any atom is 0.242 e. The Kier molecular flexibility index (Phi) is 3.29. The first kappa shape index (κ1) is 12.1. The maximum atomic E-state index is 12.1. The zero-order valence-corrected chi connectivity index (χ0v) is 10.1. The molecule has 92 valence electrons. The second kappa shape index (κ2) is 4.89. The molecule has 1 aliphatic carbocycles. The van der Waals surface area contributed by atoms with Crippen LogP contribution in [0.3, 0.4) is 0 Å². The van der Waals surface area contributed by atoms with Crippen molar-refractivity contribution in [3.8, 4) is 12.1 Å². The van der Waals surface area contributed by atoms with Gasteiger partial charge in [-0.2, -0.15) is 10.5 Å². The van der Waals surface area contributed by atoms with E-state index < -0.39 is 0 Å². The Morgan fingerprint density at radius 2 is 2.28 bits per heavy atom. The van der Waals surface area contributed by atoms with E-state index in [1.165, 1.54) is 10.9 Å². The van der Waals surface area contributed by atoms with Crippen molar-refractivity contribution in [3.05, 3.63) is 17.7 Å². The molecular formula is C12H13N5O. The van der Waals surface area contributed by atoms with Crippen molar-refractivity contribution in [2.45, 2.75) is 32.4 Å². The van der Waals surface area contributed by atoms with Gasteiger partial charge in [-0.15, -0.1) is 0 Å². The molecule has 1 saturated carbocycles. The second-order valence-electron chi connectivity index (χ2n) is 4.20. The van der Waals surface area contributed by atoms with E-state index in [4.69, 9.17) is 10.5 Å². The summed E-state index contributed by atoms with van der Waals surface area (Å²) >= 11 is 0. The van der Waals surface area contributed by atoms with Crippen molar-refractivity contribution in [1.29, 1.82) is 10.5 Å². The third-order valence-corrected chi connectivity index (χ3v) is 3.00. The highest BCUT2D eigenvalue weighted by Gasteiger charge is 2.31. The third kappa shape index (κ3) is 2.18. The van der Waals surface area contributed by atoms with E-state index in [-0.39, 0.29) is 23.8 Å². The SMILES string of the molecule is CCN(C(=O)Cn1cnc(C#N)c1C#N)C1CC1. The molecule has 0 aromatic carbocycles. The number of nitrogens with zero attached hydrogens (tertiary/aromatic N) is 5. The molecule has 0 atom stereocenters. The van der Waals surface area contributed by atoms with Crippen LogP contribution in [0.25, 0.3) is 0 Å². The fraction of sp³-hybridized carbons (Fsp3) is 0.500. The van der Waals surface area contributed by atoms with E-state index in [0.29, 0.717) is 12.6 Å². The molecule has 1 amide bonds. The van der Waals surface area contributed by atoms with Crippen molar-refractivity contribution < 1.29 is 4.79 Å². The van der Waals surface area contributed by atoms with Crippen LogP contribution in [0.5, 0.6) is 0 Å². The van der Waals surface area contributed by atoms with Gasteiger partial charge in [-0.05, 0) is 19.8 Å². The third-order valence-electron chi connectivity index (χ3n) is 3.00. The molecule has 1 aliphatic rings. The zero-order chi connectivity index (χ0) is 13.1. The monoisotopic (exact) mass is 243 g/mol. The van der Waals surface area contributed by atoms with Gasteiger partial charge < -0.3 is 9.47 Å². The number of rotatable bonds is 4. The first-order valence-electron chi connectivity index (χ1n) is 5.86. The fourth-order valence-electron chi connectivity index (χ4n) is 1.96. The summed E-state index contributed by atoms with van der Waals surface area (Å²) < 4.78 is 1.44. The summed E-state index contributed by atoms with van der Waals surface area (Å²) in [4.78, 5) is 17.7. The van der Waals surface area contributed by atoms with Gasteiger partial charge in [0, 0.05) is 12.6 Å². The van der Waals surface area contributed by atoms with E-state index in [9.17, 15) is 4.79 Å². The van der Waals surface area contributed by atoms with Gasteiger partial charge in [0.15, 0.2) is 11.4 Å². The van der Waals surface area contributed by atoms with Gasteiger partial charge >= 0.3 is 0 Å². The van der Waals surface area contributed by atoms with Gasteiger partial charge in [0.2, 0.25) is 5.91 Å². The van der Waals surface area contributed by atoms with Crippen molar-refractivity contribution in [2.75, 3.05) is 6.54 Å². The smallest absolute Gasteiger partial charge is 0.242 e. The average molecular weight is 243 g/mol. The molecule has 1 aromatic heterocycles. The predicted octanol–water partition coefficient (Wildman–Crippen LogP) is 0.637. The van der Waals surface area contributed by atoms with Gasteiger partial charge in [0.25, 0.3) is 0 Å². The molecule has 2 rings (SSSR count). The number of amides is 1. The van der Waals surface area contributed by atoms with Gasteiger partial charge in [-0.3, -0.25) is 4.79 Å². The highest BCUT2D eigenvalue weighted by molar-refractivity contribution is 5.77. The number of carbonyl (C=O) groups is 1. The lowest BCUT2D eigenvalue weighted by Crippen LogP contribution is -2.35. The van der Waals surface area contributed by atoms with Crippen LogP contribution >= 0.6 is 0 Å². The molecule has 6 nitrogen and oxygen atoms in total.